The van der Waals surface area contributed by atoms with Crippen LogP contribution in [-0.2, 0) is 10.0 Å². The fourth-order valence-corrected chi connectivity index (χ4v) is 2.76. The molecule has 2 aromatic rings. The van der Waals surface area contributed by atoms with E-state index in [2.05, 4.69) is 20.0 Å². The molecule has 6 nitrogen and oxygen atoms in total. The normalized spacial score (nSPS) is 11.2. The molecule has 0 amide bonds. The number of nitrogens with one attached hydrogen (secondary N) is 2. The third kappa shape index (κ3) is 3.24. The molecule has 0 aliphatic carbocycles. The minimum atomic E-state index is -3.67. The maximum Gasteiger partial charge on any atom is 0.264 e. The van der Waals surface area contributed by atoms with Gasteiger partial charge < -0.3 is 5.32 Å². The fraction of sp³-hybridized carbons (Fsp3) is 0.231. The summed E-state index contributed by atoms with van der Waals surface area (Å²) in [5, 5.41) is 2.73. The first-order valence-corrected chi connectivity index (χ1v) is 7.50. The van der Waals surface area contributed by atoms with Gasteiger partial charge in [0.1, 0.15) is 4.90 Å². The molecule has 0 aliphatic heterocycles. The van der Waals surface area contributed by atoms with Crippen LogP contribution >= 0.6 is 0 Å². The first-order chi connectivity index (χ1) is 9.40. The van der Waals surface area contributed by atoms with Crippen molar-refractivity contribution in [3.8, 4) is 0 Å². The van der Waals surface area contributed by atoms with E-state index in [1.807, 2.05) is 19.9 Å². The van der Waals surface area contributed by atoms with Gasteiger partial charge >= 0.3 is 0 Å². The Morgan fingerprint density at radius 3 is 2.05 bits per heavy atom. The molecule has 0 aliphatic rings. The van der Waals surface area contributed by atoms with Crippen LogP contribution in [0.3, 0.4) is 0 Å². The molecule has 0 fully saturated rings. The van der Waals surface area contributed by atoms with Crippen molar-refractivity contribution >= 4 is 21.7 Å². The average Bonchev–Trinajstić information content (AvgIpc) is 2.37. The van der Waals surface area contributed by atoms with Gasteiger partial charge in [-0.3, -0.25) is 4.72 Å². The lowest BCUT2D eigenvalue weighted by atomic mass is 10.1. The Balaban J connectivity index is 2.30. The van der Waals surface area contributed by atoms with Gasteiger partial charge in [-0.1, -0.05) is 6.07 Å². The van der Waals surface area contributed by atoms with Crippen LogP contribution < -0.4 is 10.0 Å². The van der Waals surface area contributed by atoms with Crippen molar-refractivity contribution < 1.29 is 8.42 Å². The van der Waals surface area contributed by atoms with Crippen LogP contribution in [0.25, 0.3) is 0 Å². The van der Waals surface area contributed by atoms with Gasteiger partial charge in [-0.05, 0) is 37.1 Å². The quantitative estimate of drug-likeness (QED) is 0.899. The standard InChI is InChI=1S/C13H16N4O2S/c1-9-4-10(2)6-11(5-9)17-20(18,19)12-7-15-13(14-3)16-8-12/h4-8,17H,1-3H3,(H,14,15,16). The van der Waals surface area contributed by atoms with Crippen LogP contribution in [0.2, 0.25) is 0 Å². The van der Waals surface area contributed by atoms with Gasteiger partial charge in [-0.2, -0.15) is 0 Å². The molecular weight excluding hydrogens is 276 g/mol. The number of hydrogen-bond donors (Lipinski definition) is 2. The second kappa shape index (κ2) is 5.46. The molecule has 0 bridgehead atoms. The van der Waals surface area contributed by atoms with Crippen molar-refractivity contribution in [3.63, 3.8) is 0 Å². The number of anilines is 2. The van der Waals surface area contributed by atoms with E-state index < -0.39 is 10.0 Å². The molecule has 1 heterocycles. The van der Waals surface area contributed by atoms with Crippen molar-refractivity contribution in [1.82, 2.24) is 9.97 Å². The molecule has 0 unspecified atom stereocenters. The van der Waals surface area contributed by atoms with E-state index >= 15 is 0 Å². The minimum Gasteiger partial charge on any atom is -0.357 e. The number of hydrogen-bond acceptors (Lipinski definition) is 5. The molecule has 2 N–H and O–H groups in total. The smallest absolute Gasteiger partial charge is 0.264 e. The van der Waals surface area contributed by atoms with Crippen LogP contribution in [0, 0.1) is 13.8 Å². The third-order valence-corrected chi connectivity index (χ3v) is 3.97. The van der Waals surface area contributed by atoms with Crippen molar-refractivity contribution in [1.29, 1.82) is 0 Å². The van der Waals surface area contributed by atoms with Crippen molar-refractivity contribution in [2.45, 2.75) is 18.7 Å². The zero-order valence-electron chi connectivity index (χ0n) is 11.5. The van der Waals surface area contributed by atoms with Crippen LogP contribution in [0.15, 0.2) is 35.5 Å². The minimum absolute atomic E-state index is 0.0238. The molecule has 0 saturated carbocycles. The lowest BCUT2D eigenvalue weighted by Gasteiger charge is -2.09. The zero-order chi connectivity index (χ0) is 14.8. The van der Waals surface area contributed by atoms with Gasteiger partial charge in [0.25, 0.3) is 10.0 Å². The molecule has 0 radical (unpaired) electrons. The van der Waals surface area contributed by atoms with E-state index in [0.717, 1.165) is 11.1 Å². The summed E-state index contributed by atoms with van der Waals surface area (Å²) in [6.07, 6.45) is 2.54. The molecule has 2 rings (SSSR count). The van der Waals surface area contributed by atoms with Gasteiger partial charge in [-0.25, -0.2) is 18.4 Å². The van der Waals surface area contributed by atoms with E-state index in [1.165, 1.54) is 12.4 Å². The predicted molar refractivity (Wildman–Crippen MR) is 78.3 cm³/mol. The predicted octanol–water partition coefficient (Wildman–Crippen LogP) is 1.94. The summed E-state index contributed by atoms with van der Waals surface area (Å²) in [7, 11) is -2.01. The van der Waals surface area contributed by atoms with E-state index in [0.29, 0.717) is 11.6 Å². The average molecular weight is 292 g/mol. The van der Waals surface area contributed by atoms with Crippen molar-refractivity contribution in [2.24, 2.45) is 0 Å². The summed E-state index contributed by atoms with van der Waals surface area (Å²) in [6.45, 7) is 3.82. The fourth-order valence-electron chi connectivity index (χ4n) is 1.83. The van der Waals surface area contributed by atoms with E-state index in [9.17, 15) is 8.42 Å². The second-order valence-corrected chi connectivity index (χ2v) is 6.16. The van der Waals surface area contributed by atoms with Crippen LogP contribution in [0.4, 0.5) is 11.6 Å². The summed E-state index contributed by atoms with van der Waals surface area (Å²) in [5.74, 6) is 0.371. The molecule has 0 spiro atoms. The Morgan fingerprint density at radius 1 is 1.00 bits per heavy atom. The second-order valence-electron chi connectivity index (χ2n) is 4.47. The van der Waals surface area contributed by atoms with E-state index in [-0.39, 0.29) is 4.90 Å². The topological polar surface area (TPSA) is 84.0 Å². The SMILES string of the molecule is CNc1ncc(S(=O)(=O)Nc2cc(C)cc(C)c2)cn1. The molecule has 1 aromatic carbocycles. The largest absolute Gasteiger partial charge is 0.357 e. The van der Waals surface area contributed by atoms with E-state index in [4.69, 9.17) is 0 Å². The summed E-state index contributed by atoms with van der Waals surface area (Å²) in [5.41, 5.74) is 2.51. The first kappa shape index (κ1) is 14.3. The Morgan fingerprint density at radius 2 is 1.55 bits per heavy atom. The van der Waals surface area contributed by atoms with Crippen molar-refractivity contribution in [3.05, 3.63) is 41.7 Å². The number of sulfonamides is 1. The van der Waals surface area contributed by atoms with Crippen LogP contribution in [-0.4, -0.2) is 25.4 Å². The molecule has 0 saturated heterocycles. The van der Waals surface area contributed by atoms with Crippen molar-refractivity contribution in [2.75, 3.05) is 17.1 Å². The first-order valence-electron chi connectivity index (χ1n) is 6.01. The third-order valence-electron chi connectivity index (χ3n) is 2.64. The number of aryl methyl sites for hydroxylation is 2. The molecule has 1 aromatic heterocycles. The maximum absolute atomic E-state index is 12.2. The highest BCUT2D eigenvalue weighted by Crippen LogP contribution is 2.18. The van der Waals surface area contributed by atoms with Crippen LogP contribution in [0.1, 0.15) is 11.1 Å². The maximum atomic E-state index is 12.2. The Bertz CT molecular complexity index is 691. The van der Waals surface area contributed by atoms with Gasteiger partial charge in [0.15, 0.2) is 0 Å². The zero-order valence-corrected chi connectivity index (χ0v) is 12.3. The van der Waals surface area contributed by atoms with Gasteiger partial charge in [0.05, 0.1) is 12.4 Å². The highest BCUT2D eigenvalue weighted by Gasteiger charge is 2.15. The highest BCUT2D eigenvalue weighted by molar-refractivity contribution is 7.92. The highest BCUT2D eigenvalue weighted by atomic mass is 32.2. The lowest BCUT2D eigenvalue weighted by Crippen LogP contribution is -2.14. The number of benzene rings is 1. The Labute approximate surface area is 118 Å². The molecule has 20 heavy (non-hydrogen) atoms. The number of rotatable bonds is 4. The Kier molecular flexibility index (Phi) is 3.89. The molecular formula is C13H16N4O2S. The van der Waals surface area contributed by atoms with Gasteiger partial charge in [0, 0.05) is 12.7 Å². The monoisotopic (exact) mass is 292 g/mol. The number of nitrogens with zero attached hydrogens (tertiary/aromatic N) is 2. The summed E-state index contributed by atoms with van der Waals surface area (Å²) < 4.78 is 27.0. The molecule has 0 atom stereocenters. The molecule has 106 valence electrons. The van der Waals surface area contributed by atoms with Gasteiger partial charge in [0.2, 0.25) is 5.95 Å². The Hall–Kier alpha value is -2.15. The summed E-state index contributed by atoms with van der Waals surface area (Å²) in [4.78, 5) is 7.82. The molecule has 7 heteroatoms. The van der Waals surface area contributed by atoms with E-state index in [1.54, 1.807) is 19.2 Å². The van der Waals surface area contributed by atoms with Crippen LogP contribution in [0.5, 0.6) is 0 Å². The summed E-state index contributed by atoms with van der Waals surface area (Å²) >= 11 is 0. The number of aromatic nitrogens is 2. The van der Waals surface area contributed by atoms with Gasteiger partial charge in [-0.15, -0.1) is 0 Å². The summed E-state index contributed by atoms with van der Waals surface area (Å²) in [6, 6.07) is 5.52. The lowest BCUT2D eigenvalue weighted by molar-refractivity contribution is 0.600.